The molecular formula is C26H30N4O4S. The van der Waals surface area contributed by atoms with Crippen LogP contribution in [-0.4, -0.2) is 72.5 Å². The minimum atomic E-state index is -3.56. The Bertz CT molecular complexity index is 1240. The van der Waals surface area contributed by atoms with Gasteiger partial charge in [0.2, 0.25) is 10.0 Å². The van der Waals surface area contributed by atoms with Crippen LogP contribution < -0.4 is 0 Å². The Labute approximate surface area is 206 Å². The number of hydrogen-bond acceptors (Lipinski definition) is 5. The first kappa shape index (κ1) is 23.7. The van der Waals surface area contributed by atoms with E-state index in [0.29, 0.717) is 50.9 Å². The summed E-state index contributed by atoms with van der Waals surface area (Å²) < 4.78 is 34.5. The fourth-order valence-electron chi connectivity index (χ4n) is 4.79. The van der Waals surface area contributed by atoms with Gasteiger partial charge in [0.15, 0.2) is 0 Å². The Balaban J connectivity index is 1.18. The second-order valence-electron chi connectivity index (χ2n) is 9.05. The van der Waals surface area contributed by atoms with Crippen LogP contribution in [0.4, 0.5) is 0 Å². The highest BCUT2D eigenvalue weighted by molar-refractivity contribution is 7.89. The van der Waals surface area contributed by atoms with Gasteiger partial charge >= 0.3 is 0 Å². The average molecular weight is 495 g/mol. The monoisotopic (exact) mass is 494 g/mol. The smallest absolute Gasteiger partial charge is 0.253 e. The number of hydrogen-bond donors (Lipinski definition) is 0. The van der Waals surface area contributed by atoms with Crippen LogP contribution in [0.25, 0.3) is 11.4 Å². The molecule has 35 heavy (non-hydrogen) atoms. The van der Waals surface area contributed by atoms with Crippen LogP contribution in [0.3, 0.4) is 0 Å². The Hall–Kier alpha value is -3.01. The van der Waals surface area contributed by atoms with E-state index in [0.717, 1.165) is 30.8 Å². The van der Waals surface area contributed by atoms with Gasteiger partial charge in [0.25, 0.3) is 5.91 Å². The Kier molecular flexibility index (Phi) is 6.99. The van der Waals surface area contributed by atoms with Gasteiger partial charge in [0.1, 0.15) is 5.82 Å². The summed E-state index contributed by atoms with van der Waals surface area (Å²) in [7, 11) is -3.56. The van der Waals surface area contributed by atoms with Crippen LogP contribution in [-0.2, 0) is 21.3 Å². The van der Waals surface area contributed by atoms with Gasteiger partial charge in [0.05, 0.1) is 18.1 Å². The average Bonchev–Trinajstić information content (AvgIpc) is 3.38. The Morgan fingerprint density at radius 2 is 1.63 bits per heavy atom. The van der Waals surface area contributed by atoms with E-state index in [1.165, 1.54) is 16.4 Å². The molecule has 5 rings (SSSR count). The molecule has 0 bridgehead atoms. The molecule has 0 saturated carbocycles. The highest BCUT2D eigenvalue weighted by Crippen LogP contribution is 2.25. The Morgan fingerprint density at radius 1 is 0.943 bits per heavy atom. The number of piperidine rings is 1. The van der Waals surface area contributed by atoms with Crippen LogP contribution in [0.1, 0.15) is 23.2 Å². The summed E-state index contributed by atoms with van der Waals surface area (Å²) in [5.41, 5.74) is 1.62. The van der Waals surface area contributed by atoms with Crippen molar-refractivity contribution in [1.29, 1.82) is 0 Å². The largest absolute Gasteiger partial charge is 0.379 e. The number of benzene rings is 2. The van der Waals surface area contributed by atoms with Crippen molar-refractivity contribution in [3.05, 3.63) is 72.6 Å². The molecule has 0 unspecified atom stereocenters. The van der Waals surface area contributed by atoms with Crippen molar-refractivity contribution in [3.8, 4) is 11.4 Å². The third-order valence-electron chi connectivity index (χ3n) is 6.81. The van der Waals surface area contributed by atoms with E-state index in [1.807, 2.05) is 35.5 Å². The zero-order valence-corrected chi connectivity index (χ0v) is 20.4. The normalized spacial score (nSPS) is 18.0. The van der Waals surface area contributed by atoms with Gasteiger partial charge in [-0.15, -0.1) is 0 Å². The maximum atomic E-state index is 13.1. The molecule has 2 aliphatic rings. The molecule has 2 saturated heterocycles. The number of ether oxygens (including phenoxy) is 1. The van der Waals surface area contributed by atoms with Crippen LogP contribution >= 0.6 is 0 Å². The van der Waals surface area contributed by atoms with Gasteiger partial charge in [-0.3, -0.25) is 4.79 Å². The number of rotatable bonds is 6. The minimum absolute atomic E-state index is 0.0497. The van der Waals surface area contributed by atoms with Gasteiger partial charge in [0, 0.05) is 56.2 Å². The summed E-state index contributed by atoms with van der Waals surface area (Å²) in [5, 5.41) is 0. The van der Waals surface area contributed by atoms with Crippen molar-refractivity contribution in [2.45, 2.75) is 24.3 Å². The summed E-state index contributed by atoms with van der Waals surface area (Å²) in [6, 6.07) is 16.5. The van der Waals surface area contributed by atoms with Gasteiger partial charge in [-0.05, 0) is 43.0 Å². The highest BCUT2D eigenvalue weighted by atomic mass is 32.2. The number of aromatic nitrogens is 2. The number of carbonyl (C=O) groups is 1. The predicted molar refractivity (Wildman–Crippen MR) is 132 cm³/mol. The Morgan fingerprint density at radius 3 is 2.31 bits per heavy atom. The highest BCUT2D eigenvalue weighted by Gasteiger charge is 2.28. The first-order chi connectivity index (χ1) is 17.0. The van der Waals surface area contributed by atoms with Crippen LogP contribution in [0, 0.1) is 5.92 Å². The molecule has 0 radical (unpaired) electrons. The number of morpholine rings is 1. The van der Waals surface area contributed by atoms with Crippen LogP contribution in [0.2, 0.25) is 0 Å². The molecule has 0 N–H and O–H groups in total. The minimum Gasteiger partial charge on any atom is -0.379 e. The molecule has 2 aliphatic heterocycles. The summed E-state index contributed by atoms with van der Waals surface area (Å²) in [5.74, 6) is 1.39. The van der Waals surface area contributed by atoms with Gasteiger partial charge in [-0.25, -0.2) is 13.4 Å². The van der Waals surface area contributed by atoms with Crippen molar-refractivity contribution >= 4 is 15.9 Å². The molecule has 3 aromatic rings. The van der Waals surface area contributed by atoms with E-state index >= 15 is 0 Å². The molecule has 2 aromatic carbocycles. The van der Waals surface area contributed by atoms with E-state index < -0.39 is 10.0 Å². The fourth-order valence-corrected chi connectivity index (χ4v) is 6.20. The lowest BCUT2D eigenvalue weighted by Gasteiger charge is -2.32. The van der Waals surface area contributed by atoms with E-state index in [1.54, 1.807) is 12.1 Å². The molecule has 2 fully saturated rings. The third-order valence-corrected chi connectivity index (χ3v) is 8.73. The van der Waals surface area contributed by atoms with E-state index in [9.17, 15) is 13.2 Å². The number of sulfonamides is 1. The van der Waals surface area contributed by atoms with Gasteiger partial charge in [-0.1, -0.05) is 30.3 Å². The summed E-state index contributed by atoms with van der Waals surface area (Å²) in [4.78, 5) is 19.7. The van der Waals surface area contributed by atoms with Crippen molar-refractivity contribution in [3.63, 3.8) is 0 Å². The van der Waals surface area contributed by atoms with Crippen LogP contribution in [0.15, 0.2) is 71.9 Å². The van der Waals surface area contributed by atoms with Gasteiger partial charge in [-0.2, -0.15) is 4.31 Å². The van der Waals surface area contributed by atoms with E-state index in [2.05, 4.69) is 21.7 Å². The molecule has 0 spiro atoms. The molecule has 8 nitrogen and oxygen atoms in total. The number of likely N-dealkylation sites (tertiary alicyclic amines) is 1. The zero-order chi connectivity index (χ0) is 24.3. The predicted octanol–water partition coefficient (Wildman–Crippen LogP) is 3.12. The molecule has 0 aliphatic carbocycles. The van der Waals surface area contributed by atoms with Crippen molar-refractivity contribution < 1.29 is 17.9 Å². The summed E-state index contributed by atoms with van der Waals surface area (Å²) in [6.07, 6.45) is 5.69. The maximum Gasteiger partial charge on any atom is 0.253 e. The van der Waals surface area contributed by atoms with E-state index in [4.69, 9.17) is 4.74 Å². The zero-order valence-electron chi connectivity index (χ0n) is 19.6. The summed E-state index contributed by atoms with van der Waals surface area (Å²) in [6.45, 7) is 3.76. The molecule has 1 aromatic heterocycles. The maximum absolute atomic E-state index is 13.1. The lowest BCUT2D eigenvalue weighted by molar-refractivity contribution is 0.0683. The van der Waals surface area contributed by atoms with Crippen molar-refractivity contribution in [2.75, 3.05) is 39.4 Å². The molecular weight excluding hydrogens is 464 g/mol. The van der Waals surface area contributed by atoms with E-state index in [-0.39, 0.29) is 10.8 Å². The molecule has 9 heteroatoms. The first-order valence-corrected chi connectivity index (χ1v) is 13.5. The lowest BCUT2D eigenvalue weighted by atomic mass is 9.96. The second-order valence-corrected chi connectivity index (χ2v) is 11.0. The van der Waals surface area contributed by atoms with Crippen molar-refractivity contribution in [1.82, 2.24) is 18.8 Å². The topological polar surface area (TPSA) is 84.7 Å². The molecule has 1 amide bonds. The lowest BCUT2D eigenvalue weighted by Crippen LogP contribution is -2.40. The number of imidazole rings is 1. The third kappa shape index (κ3) is 5.17. The van der Waals surface area contributed by atoms with Crippen LogP contribution in [0.5, 0.6) is 0 Å². The van der Waals surface area contributed by atoms with Gasteiger partial charge < -0.3 is 14.2 Å². The van der Waals surface area contributed by atoms with Crippen molar-refractivity contribution in [2.24, 2.45) is 5.92 Å². The molecule has 0 atom stereocenters. The number of carbonyl (C=O) groups excluding carboxylic acids is 1. The first-order valence-electron chi connectivity index (χ1n) is 12.1. The number of amides is 1. The SMILES string of the molecule is O=C(c1ccc(S(=O)(=O)N2CCOCC2)cc1)N1CCC(Cn2ccnc2-c2ccccc2)CC1. The number of nitrogens with zero attached hydrogens (tertiary/aromatic N) is 4. The fraction of sp³-hybridized carbons (Fsp3) is 0.385. The quantitative estimate of drug-likeness (QED) is 0.526. The second kappa shape index (κ2) is 10.3. The summed E-state index contributed by atoms with van der Waals surface area (Å²) >= 11 is 0. The molecule has 184 valence electrons. The molecule has 3 heterocycles. The standard InChI is InChI=1S/C26H30N4O4S/c31-26(23-6-8-24(9-7-23)35(32,33)30-16-18-34-19-17-30)28-13-10-21(11-14-28)20-29-15-12-27-25(29)22-4-2-1-3-5-22/h1-9,12,15,21H,10-11,13-14,16-20H2.